The third-order valence-electron chi connectivity index (χ3n) is 9.69. The van der Waals surface area contributed by atoms with Gasteiger partial charge in [0.15, 0.2) is 0 Å². The Labute approximate surface area is 291 Å². The molecule has 12 heteroatoms. The molecule has 2 bridgehead atoms. The number of aliphatic hydroxyl groups is 1. The smallest absolute Gasteiger partial charge is 0.313 e. The number of carbonyl (C=O) groups is 4. The molecule has 2 aromatic rings. The molecule has 3 heterocycles. The summed E-state index contributed by atoms with van der Waals surface area (Å²) in [5, 5.41) is 13.3. The van der Waals surface area contributed by atoms with Crippen molar-refractivity contribution in [1.82, 2.24) is 10.2 Å². The number of carbonyl (C=O) groups excluding carboxylic acids is 4. The van der Waals surface area contributed by atoms with E-state index in [1.807, 2.05) is 19.1 Å². The predicted molar refractivity (Wildman–Crippen MR) is 184 cm³/mol. The Hall–Kier alpha value is -4.03. The van der Waals surface area contributed by atoms with E-state index in [0.29, 0.717) is 35.5 Å². The first-order chi connectivity index (χ1) is 23.6. The van der Waals surface area contributed by atoms with E-state index >= 15 is 0 Å². The number of fused-ring (bicyclic) bond motifs is 1. The minimum Gasteiger partial charge on any atom is -0.455 e. The maximum absolute atomic E-state index is 14.7. The summed E-state index contributed by atoms with van der Waals surface area (Å²) >= 11 is 6.61. The van der Waals surface area contributed by atoms with E-state index in [1.54, 1.807) is 48.6 Å². The van der Waals surface area contributed by atoms with Crippen molar-refractivity contribution in [3.63, 3.8) is 0 Å². The summed E-state index contributed by atoms with van der Waals surface area (Å²) in [6.07, 6.45) is 3.03. The first-order valence-corrected chi connectivity index (χ1v) is 16.9. The number of likely N-dealkylation sites (tertiary alicyclic amines) is 1. The normalized spacial score (nSPS) is 25.0. The number of β-amino-alcohol motifs (C(OH)–C–C–N with tert-alkyl or cyclic N) is 1. The largest absolute Gasteiger partial charge is 0.455 e. The van der Waals surface area contributed by atoms with E-state index in [1.165, 1.54) is 16.9 Å². The number of rotatable bonds is 16. The lowest BCUT2D eigenvalue weighted by Gasteiger charge is -2.37. The lowest BCUT2D eigenvalue weighted by molar-refractivity contribution is -0.163. The summed E-state index contributed by atoms with van der Waals surface area (Å²) in [7, 11) is 1.49. The Bertz CT molecular complexity index is 1550. The number of allylic oxidation sites excluding steroid dienone is 1. The molecule has 3 amide bonds. The van der Waals surface area contributed by atoms with Crippen molar-refractivity contribution >= 4 is 41.0 Å². The van der Waals surface area contributed by atoms with E-state index < -0.39 is 66.1 Å². The van der Waals surface area contributed by atoms with Crippen LogP contribution in [0.15, 0.2) is 73.8 Å². The van der Waals surface area contributed by atoms with E-state index in [9.17, 15) is 24.3 Å². The zero-order chi connectivity index (χ0) is 35.3. The Morgan fingerprint density at radius 1 is 1.18 bits per heavy atom. The Balaban J connectivity index is 1.49. The molecule has 0 unspecified atom stereocenters. The van der Waals surface area contributed by atoms with Gasteiger partial charge in [0.1, 0.15) is 17.7 Å². The van der Waals surface area contributed by atoms with Crippen molar-refractivity contribution in [1.29, 1.82) is 0 Å². The number of amides is 3. The summed E-state index contributed by atoms with van der Waals surface area (Å²) < 4.78 is 18.3. The molecule has 0 aromatic heterocycles. The third kappa shape index (κ3) is 6.90. The number of methoxy groups -OCH3 is 1. The molecule has 262 valence electrons. The average molecular weight is 694 g/mol. The number of halogens is 1. The molecule has 49 heavy (non-hydrogen) atoms. The van der Waals surface area contributed by atoms with Gasteiger partial charge < -0.3 is 34.4 Å². The molecule has 0 saturated carbocycles. The number of para-hydroxylation sites is 1. The SMILES string of the molecule is C=CCCC(=O)N[C@H](COC)[C@H](OC(=O)[C@@H]1[C@H]2C(=O)N(CCO)[C@H](C(=O)N(CC=C)c3c(C)cccc3Cl)[C@]23CC[C@H]1O3)c1ccccc1. The van der Waals surface area contributed by atoms with Gasteiger partial charge in [-0.15, -0.1) is 13.2 Å². The molecule has 1 spiro atoms. The topological polar surface area (TPSA) is 135 Å². The van der Waals surface area contributed by atoms with Crippen LogP contribution in [0.2, 0.25) is 5.02 Å². The second-order valence-corrected chi connectivity index (χ2v) is 13.1. The number of ether oxygens (including phenoxy) is 3. The number of esters is 1. The number of hydrogen-bond donors (Lipinski definition) is 2. The monoisotopic (exact) mass is 693 g/mol. The summed E-state index contributed by atoms with van der Waals surface area (Å²) in [6.45, 7) is 8.97. The third-order valence-corrected chi connectivity index (χ3v) is 9.99. The van der Waals surface area contributed by atoms with Crippen LogP contribution >= 0.6 is 11.6 Å². The molecule has 2 aromatic carbocycles. The molecular formula is C37H44ClN3O8. The van der Waals surface area contributed by atoms with Crippen molar-refractivity contribution in [3.8, 4) is 0 Å². The highest BCUT2D eigenvalue weighted by Crippen LogP contribution is 2.59. The van der Waals surface area contributed by atoms with E-state index in [0.717, 1.165) is 5.56 Å². The van der Waals surface area contributed by atoms with Crippen molar-refractivity contribution < 1.29 is 38.5 Å². The summed E-state index contributed by atoms with van der Waals surface area (Å²) in [5.74, 6) is -3.90. The van der Waals surface area contributed by atoms with Gasteiger partial charge in [-0.3, -0.25) is 19.2 Å². The predicted octanol–water partition coefficient (Wildman–Crippen LogP) is 3.92. The van der Waals surface area contributed by atoms with Crippen LogP contribution in [0, 0.1) is 18.8 Å². The first-order valence-electron chi connectivity index (χ1n) is 16.5. The number of anilines is 1. The summed E-state index contributed by atoms with van der Waals surface area (Å²) in [6, 6.07) is 12.4. The van der Waals surface area contributed by atoms with Crippen LogP contribution in [0.4, 0.5) is 5.69 Å². The average Bonchev–Trinajstić information content (AvgIpc) is 3.73. The summed E-state index contributed by atoms with van der Waals surface area (Å²) in [5.41, 5.74) is 0.531. The highest BCUT2D eigenvalue weighted by molar-refractivity contribution is 6.34. The van der Waals surface area contributed by atoms with Crippen molar-refractivity contribution in [2.45, 2.75) is 62.5 Å². The van der Waals surface area contributed by atoms with Crippen molar-refractivity contribution in [3.05, 3.63) is 90.0 Å². The second-order valence-electron chi connectivity index (χ2n) is 12.7. The number of nitrogens with one attached hydrogen (secondary N) is 1. The minimum absolute atomic E-state index is 0.0466. The zero-order valence-corrected chi connectivity index (χ0v) is 28.6. The lowest BCUT2D eigenvalue weighted by Crippen LogP contribution is -2.57. The Kier molecular flexibility index (Phi) is 11.6. The van der Waals surface area contributed by atoms with Gasteiger partial charge in [-0.05, 0) is 43.4 Å². The molecule has 0 aliphatic carbocycles. The number of benzene rings is 2. The lowest BCUT2D eigenvalue weighted by atomic mass is 9.70. The molecule has 3 aliphatic rings. The van der Waals surface area contributed by atoms with Crippen LogP contribution in [0.1, 0.15) is 42.9 Å². The molecule has 3 aliphatic heterocycles. The fraction of sp³-hybridized carbons (Fsp3) is 0.459. The zero-order valence-electron chi connectivity index (χ0n) is 27.9. The first kappa shape index (κ1) is 36.3. The molecule has 11 nitrogen and oxygen atoms in total. The van der Waals surface area contributed by atoms with E-state index in [-0.39, 0.29) is 32.0 Å². The van der Waals surface area contributed by atoms with Crippen molar-refractivity contribution in [2.24, 2.45) is 11.8 Å². The minimum atomic E-state index is -1.33. The fourth-order valence-corrected chi connectivity index (χ4v) is 8.03. The molecule has 0 radical (unpaired) electrons. The van der Waals surface area contributed by atoms with Gasteiger partial charge >= 0.3 is 5.97 Å². The van der Waals surface area contributed by atoms with Gasteiger partial charge in [-0.25, -0.2) is 0 Å². The van der Waals surface area contributed by atoms with Crippen LogP contribution in [-0.4, -0.2) is 90.9 Å². The van der Waals surface area contributed by atoms with Gasteiger partial charge in [-0.1, -0.05) is 66.2 Å². The highest BCUT2D eigenvalue weighted by atomic mass is 35.5. The Morgan fingerprint density at radius 2 is 1.94 bits per heavy atom. The van der Waals surface area contributed by atoms with Gasteiger partial charge in [0.2, 0.25) is 11.8 Å². The standard InChI is InChI=1S/C37H44ClN3O8/c1-5-7-16-28(43)39-26(22-47-4)32(24-13-9-8-10-14-24)48-36(46)29-27-17-18-37(49-27)30(29)34(44)41(20-21-42)33(37)35(45)40(19-6-2)31-23(3)12-11-15-25(31)38/h5-6,8-15,26-27,29-30,32-33,42H,1-2,7,16-22H2,3-4H3,(H,39,43)/t26-,27-,29+,30+,32-,33-,37+/m1/s1. The molecule has 7 atom stereocenters. The van der Waals surface area contributed by atoms with Gasteiger partial charge in [0, 0.05) is 26.6 Å². The maximum Gasteiger partial charge on any atom is 0.313 e. The van der Waals surface area contributed by atoms with Crippen LogP contribution in [0.5, 0.6) is 0 Å². The molecular weight excluding hydrogens is 650 g/mol. The second kappa shape index (κ2) is 15.7. The Morgan fingerprint density at radius 3 is 2.59 bits per heavy atom. The van der Waals surface area contributed by atoms with Crippen molar-refractivity contribution in [2.75, 3.05) is 38.3 Å². The van der Waals surface area contributed by atoms with E-state index in [2.05, 4.69) is 18.5 Å². The fourth-order valence-electron chi connectivity index (χ4n) is 7.71. The van der Waals surface area contributed by atoms with Crippen LogP contribution < -0.4 is 10.2 Å². The quantitative estimate of drug-likeness (QED) is 0.200. The number of nitrogens with zero attached hydrogens (tertiary/aromatic N) is 2. The molecule has 3 fully saturated rings. The number of aryl methyl sites for hydroxylation is 1. The number of aliphatic hydroxyl groups excluding tert-OH is 1. The molecule has 3 saturated heterocycles. The maximum atomic E-state index is 14.7. The van der Waals surface area contributed by atoms with Gasteiger partial charge in [0.25, 0.3) is 5.91 Å². The summed E-state index contributed by atoms with van der Waals surface area (Å²) in [4.78, 5) is 58.9. The highest BCUT2D eigenvalue weighted by Gasteiger charge is 2.75. The van der Waals surface area contributed by atoms with E-state index in [4.69, 9.17) is 25.8 Å². The number of hydrogen-bond acceptors (Lipinski definition) is 8. The van der Waals surface area contributed by atoms with Gasteiger partial charge in [-0.2, -0.15) is 0 Å². The van der Waals surface area contributed by atoms with Crippen LogP contribution in [-0.2, 0) is 33.4 Å². The van der Waals surface area contributed by atoms with Crippen LogP contribution in [0.25, 0.3) is 0 Å². The van der Waals surface area contributed by atoms with Crippen LogP contribution in [0.3, 0.4) is 0 Å². The molecule has 5 rings (SSSR count). The molecule has 2 N–H and O–H groups in total. The van der Waals surface area contributed by atoms with Gasteiger partial charge in [0.05, 0.1) is 47.9 Å².